The van der Waals surface area contributed by atoms with Gasteiger partial charge in [-0.05, 0) is 32.6 Å². The van der Waals surface area contributed by atoms with Crippen molar-refractivity contribution in [1.29, 1.82) is 0 Å². The Morgan fingerprint density at radius 2 is 1.95 bits per heavy atom. The second-order valence-corrected chi connectivity index (χ2v) is 8.18. The van der Waals surface area contributed by atoms with Gasteiger partial charge in [0.1, 0.15) is 0 Å². The Kier molecular flexibility index (Phi) is 8.81. The molecule has 7 heteroatoms. The summed E-state index contributed by atoms with van der Waals surface area (Å²) in [6, 6.07) is -0.151. The van der Waals surface area contributed by atoms with Crippen LogP contribution in [0.5, 0.6) is 0 Å². The minimum absolute atomic E-state index is 0. The van der Waals surface area contributed by atoms with Crippen LogP contribution < -0.4 is 5.73 Å². The molecule has 0 bridgehead atoms. The van der Waals surface area contributed by atoms with Crippen molar-refractivity contribution in [1.82, 2.24) is 4.90 Å². The van der Waals surface area contributed by atoms with Crippen LogP contribution in [0.4, 0.5) is 0 Å². The van der Waals surface area contributed by atoms with E-state index in [4.69, 9.17) is 5.73 Å². The zero-order valence-electron chi connectivity index (χ0n) is 13.2. The maximum absolute atomic E-state index is 12.4. The summed E-state index contributed by atoms with van der Waals surface area (Å²) in [7, 11) is -3.06. The van der Waals surface area contributed by atoms with Crippen LogP contribution in [-0.4, -0.2) is 49.4 Å². The van der Waals surface area contributed by atoms with E-state index in [1.54, 1.807) is 11.8 Å². The minimum Gasteiger partial charge on any atom is -0.339 e. The normalized spacial score (nSPS) is 23.4. The molecule has 1 aliphatic rings. The average molecular weight is 341 g/mol. The summed E-state index contributed by atoms with van der Waals surface area (Å²) in [5.74, 6) is 0.455. The zero-order chi connectivity index (χ0) is 15.3. The summed E-state index contributed by atoms with van der Waals surface area (Å²) in [5.41, 5.74) is 6.00. The first-order valence-electron chi connectivity index (χ1n) is 7.56. The molecular weight excluding hydrogens is 312 g/mol. The van der Waals surface area contributed by atoms with Crippen molar-refractivity contribution >= 4 is 28.2 Å². The third-order valence-electron chi connectivity index (χ3n) is 4.28. The summed E-state index contributed by atoms with van der Waals surface area (Å²) < 4.78 is 23.4. The van der Waals surface area contributed by atoms with Crippen molar-refractivity contribution in [2.75, 3.05) is 18.1 Å². The molecule has 1 fully saturated rings. The lowest BCUT2D eigenvalue weighted by atomic mass is 9.99. The standard InChI is InChI=1S/C14H28N2O3S.ClH/c1-4-16(11(3)10-20(18,19)5-2)14(17)9-12-7-6-8-13(12)15;/h11-13H,4-10,15H2,1-3H3;1H/t11?,12-,13+;/m0./s1. The van der Waals surface area contributed by atoms with Crippen molar-refractivity contribution in [2.24, 2.45) is 11.7 Å². The first kappa shape index (κ1) is 20.7. The molecular formula is C14H29ClN2O3S. The maximum atomic E-state index is 12.4. The van der Waals surface area contributed by atoms with E-state index in [-0.39, 0.29) is 47.8 Å². The number of rotatable bonds is 7. The molecule has 1 saturated carbocycles. The number of amides is 1. The lowest BCUT2D eigenvalue weighted by Crippen LogP contribution is -2.44. The molecule has 2 N–H and O–H groups in total. The third-order valence-corrected chi connectivity index (χ3v) is 6.15. The molecule has 0 radical (unpaired) electrons. The number of nitrogens with zero attached hydrogens (tertiary/aromatic N) is 1. The van der Waals surface area contributed by atoms with Gasteiger partial charge in [-0.15, -0.1) is 12.4 Å². The highest BCUT2D eigenvalue weighted by molar-refractivity contribution is 7.91. The van der Waals surface area contributed by atoms with E-state index in [1.165, 1.54) is 0 Å². The second-order valence-electron chi connectivity index (χ2n) is 5.79. The third kappa shape index (κ3) is 6.12. The largest absolute Gasteiger partial charge is 0.339 e. The molecule has 0 heterocycles. The highest BCUT2D eigenvalue weighted by Gasteiger charge is 2.30. The summed E-state index contributed by atoms with van der Waals surface area (Å²) >= 11 is 0. The topological polar surface area (TPSA) is 80.5 Å². The second kappa shape index (κ2) is 8.96. The molecule has 5 nitrogen and oxygen atoms in total. The van der Waals surface area contributed by atoms with E-state index in [1.807, 2.05) is 13.8 Å². The molecule has 0 aliphatic heterocycles. The highest BCUT2D eigenvalue weighted by atomic mass is 35.5. The molecule has 1 amide bonds. The van der Waals surface area contributed by atoms with Gasteiger partial charge in [-0.3, -0.25) is 4.79 Å². The molecule has 0 aromatic rings. The van der Waals surface area contributed by atoms with Crippen LogP contribution in [0.3, 0.4) is 0 Å². The van der Waals surface area contributed by atoms with Crippen LogP contribution in [0.25, 0.3) is 0 Å². The lowest BCUT2D eigenvalue weighted by molar-refractivity contribution is -0.133. The molecule has 0 aromatic carbocycles. The van der Waals surface area contributed by atoms with Crippen molar-refractivity contribution in [3.8, 4) is 0 Å². The number of nitrogens with two attached hydrogens (primary N) is 1. The first-order valence-corrected chi connectivity index (χ1v) is 9.38. The molecule has 126 valence electrons. The Balaban J connectivity index is 0.00000400. The van der Waals surface area contributed by atoms with Gasteiger partial charge in [-0.1, -0.05) is 13.3 Å². The number of hydrogen-bond donors (Lipinski definition) is 1. The monoisotopic (exact) mass is 340 g/mol. The molecule has 1 unspecified atom stereocenters. The van der Waals surface area contributed by atoms with Crippen molar-refractivity contribution in [2.45, 2.75) is 58.5 Å². The minimum atomic E-state index is -3.06. The van der Waals surface area contributed by atoms with Gasteiger partial charge in [-0.2, -0.15) is 0 Å². The SMILES string of the molecule is CCN(C(=O)C[C@@H]1CCC[C@H]1N)C(C)CS(=O)(=O)CC.Cl. The van der Waals surface area contributed by atoms with Gasteiger partial charge in [0.15, 0.2) is 9.84 Å². The van der Waals surface area contributed by atoms with Crippen LogP contribution in [0, 0.1) is 5.92 Å². The average Bonchev–Trinajstić information content (AvgIpc) is 2.75. The highest BCUT2D eigenvalue weighted by Crippen LogP contribution is 2.27. The molecule has 0 spiro atoms. The lowest BCUT2D eigenvalue weighted by Gasteiger charge is -2.29. The maximum Gasteiger partial charge on any atom is 0.223 e. The molecule has 1 aliphatic carbocycles. The van der Waals surface area contributed by atoms with Gasteiger partial charge < -0.3 is 10.6 Å². The number of halogens is 1. The summed E-state index contributed by atoms with van der Waals surface area (Å²) in [6.07, 6.45) is 3.53. The Morgan fingerprint density at radius 1 is 1.33 bits per heavy atom. The van der Waals surface area contributed by atoms with Crippen LogP contribution in [0.2, 0.25) is 0 Å². The number of hydrogen-bond acceptors (Lipinski definition) is 4. The van der Waals surface area contributed by atoms with Crippen molar-refractivity contribution < 1.29 is 13.2 Å². The van der Waals surface area contributed by atoms with Crippen molar-refractivity contribution in [3.05, 3.63) is 0 Å². The Morgan fingerprint density at radius 3 is 2.38 bits per heavy atom. The fourth-order valence-corrected chi connectivity index (χ4v) is 4.12. The van der Waals surface area contributed by atoms with Gasteiger partial charge in [0.25, 0.3) is 0 Å². The van der Waals surface area contributed by atoms with E-state index < -0.39 is 9.84 Å². The van der Waals surface area contributed by atoms with Gasteiger partial charge in [0, 0.05) is 30.8 Å². The van der Waals surface area contributed by atoms with Crippen LogP contribution in [0.15, 0.2) is 0 Å². The summed E-state index contributed by atoms with van der Waals surface area (Å²) in [4.78, 5) is 14.0. The number of carbonyl (C=O) groups is 1. The van der Waals surface area contributed by atoms with Gasteiger partial charge in [-0.25, -0.2) is 8.42 Å². The molecule has 3 atom stereocenters. The predicted molar refractivity (Wildman–Crippen MR) is 88.4 cm³/mol. The fourth-order valence-electron chi connectivity index (χ4n) is 2.97. The quantitative estimate of drug-likeness (QED) is 0.763. The first-order chi connectivity index (χ1) is 9.30. The van der Waals surface area contributed by atoms with Crippen molar-refractivity contribution in [3.63, 3.8) is 0 Å². The van der Waals surface area contributed by atoms with E-state index in [0.717, 1.165) is 19.3 Å². The Bertz CT molecular complexity index is 428. The Labute approximate surface area is 135 Å². The summed E-state index contributed by atoms with van der Waals surface area (Å²) in [6.45, 7) is 5.88. The summed E-state index contributed by atoms with van der Waals surface area (Å²) in [5, 5.41) is 0. The van der Waals surface area contributed by atoms with Crippen LogP contribution >= 0.6 is 12.4 Å². The molecule has 21 heavy (non-hydrogen) atoms. The zero-order valence-corrected chi connectivity index (χ0v) is 14.9. The van der Waals surface area contributed by atoms with Gasteiger partial charge >= 0.3 is 0 Å². The number of sulfone groups is 1. The van der Waals surface area contributed by atoms with E-state index in [9.17, 15) is 13.2 Å². The smallest absolute Gasteiger partial charge is 0.223 e. The van der Waals surface area contributed by atoms with Crippen LogP contribution in [-0.2, 0) is 14.6 Å². The van der Waals surface area contributed by atoms with Gasteiger partial charge in [0.05, 0.1) is 5.75 Å². The Hall–Kier alpha value is -0.330. The molecule has 1 rings (SSSR count). The fraction of sp³-hybridized carbons (Fsp3) is 0.929. The van der Waals surface area contributed by atoms with Gasteiger partial charge in [0.2, 0.25) is 5.91 Å². The van der Waals surface area contributed by atoms with E-state index in [0.29, 0.717) is 13.0 Å². The number of carbonyl (C=O) groups excluding carboxylic acids is 1. The van der Waals surface area contributed by atoms with E-state index in [2.05, 4.69) is 0 Å². The molecule has 0 aromatic heterocycles. The van der Waals surface area contributed by atoms with Crippen LogP contribution in [0.1, 0.15) is 46.5 Å². The predicted octanol–water partition coefficient (Wildman–Crippen LogP) is 1.60. The van der Waals surface area contributed by atoms with E-state index >= 15 is 0 Å². The molecule has 0 saturated heterocycles.